The second kappa shape index (κ2) is 7.00. The molecule has 146 valence electrons. The predicted molar refractivity (Wildman–Crippen MR) is 115 cm³/mol. The Balaban J connectivity index is 1.44. The van der Waals surface area contributed by atoms with Crippen LogP contribution in [0, 0.1) is 6.92 Å². The summed E-state index contributed by atoms with van der Waals surface area (Å²) in [6.45, 7) is 3.27. The molecule has 0 bridgehead atoms. The lowest BCUT2D eigenvalue weighted by Crippen LogP contribution is -2.41. The van der Waals surface area contributed by atoms with E-state index in [9.17, 15) is 4.79 Å². The van der Waals surface area contributed by atoms with Gasteiger partial charge in [-0.2, -0.15) is 5.10 Å². The monoisotopic (exact) mass is 403 g/mol. The number of carbonyl (C=O) groups is 1. The van der Waals surface area contributed by atoms with E-state index in [1.807, 2.05) is 53.2 Å². The number of nitrogens with zero attached hydrogens (tertiary/aromatic N) is 4. The molecule has 0 spiro atoms. The Bertz CT molecular complexity index is 1180. The summed E-state index contributed by atoms with van der Waals surface area (Å²) in [5, 5.41) is 8.04. The maximum absolute atomic E-state index is 13.1. The Kier molecular flexibility index (Phi) is 4.32. The average molecular weight is 404 g/mol. The van der Waals surface area contributed by atoms with E-state index >= 15 is 0 Å². The minimum absolute atomic E-state index is 0.106. The zero-order valence-electron chi connectivity index (χ0n) is 16.3. The Morgan fingerprint density at radius 2 is 1.93 bits per heavy atom. The minimum Gasteiger partial charge on any atom is -0.319 e. The largest absolute Gasteiger partial charge is 0.323 e. The first-order valence-electron chi connectivity index (χ1n) is 9.58. The molecule has 0 aliphatic carbocycles. The van der Waals surface area contributed by atoms with Crippen LogP contribution in [0.3, 0.4) is 0 Å². The molecule has 4 aromatic rings. The first-order valence-corrected chi connectivity index (χ1v) is 10.4. The van der Waals surface area contributed by atoms with Gasteiger partial charge in [0.25, 0.3) is 0 Å². The molecule has 0 saturated carbocycles. The van der Waals surface area contributed by atoms with E-state index in [0.717, 1.165) is 21.5 Å². The summed E-state index contributed by atoms with van der Waals surface area (Å²) < 4.78 is 2.95. The summed E-state index contributed by atoms with van der Waals surface area (Å²) in [5.74, 6) is 0.106. The van der Waals surface area contributed by atoms with Crippen LogP contribution in [0.2, 0.25) is 0 Å². The van der Waals surface area contributed by atoms with Crippen LogP contribution < -0.4 is 5.32 Å². The molecule has 2 amide bonds. The number of aromatic nitrogens is 3. The van der Waals surface area contributed by atoms with Gasteiger partial charge in [0.05, 0.1) is 16.4 Å². The number of nitrogens with one attached hydrogen (secondary N) is 1. The number of urea groups is 1. The van der Waals surface area contributed by atoms with Gasteiger partial charge in [0.1, 0.15) is 0 Å². The van der Waals surface area contributed by atoms with Crippen molar-refractivity contribution in [1.29, 1.82) is 0 Å². The van der Waals surface area contributed by atoms with Crippen LogP contribution in [0.4, 0.5) is 9.93 Å². The van der Waals surface area contributed by atoms with Gasteiger partial charge >= 0.3 is 6.03 Å². The van der Waals surface area contributed by atoms with Crippen molar-refractivity contribution in [1.82, 2.24) is 19.7 Å². The van der Waals surface area contributed by atoms with Crippen molar-refractivity contribution >= 4 is 32.7 Å². The van der Waals surface area contributed by atoms with E-state index in [0.29, 0.717) is 18.2 Å². The van der Waals surface area contributed by atoms with Crippen LogP contribution in [-0.2, 0) is 13.6 Å². The summed E-state index contributed by atoms with van der Waals surface area (Å²) >= 11 is 1.50. The molecule has 1 unspecified atom stereocenters. The van der Waals surface area contributed by atoms with Crippen LogP contribution in [0.1, 0.15) is 28.3 Å². The van der Waals surface area contributed by atoms with Gasteiger partial charge in [0.2, 0.25) is 0 Å². The van der Waals surface area contributed by atoms with E-state index in [1.165, 1.54) is 22.5 Å². The minimum atomic E-state index is -0.120. The number of anilines is 1. The summed E-state index contributed by atoms with van der Waals surface area (Å²) in [7, 11) is 1.95. The van der Waals surface area contributed by atoms with E-state index in [1.54, 1.807) is 0 Å². The Labute approximate surface area is 172 Å². The van der Waals surface area contributed by atoms with Gasteiger partial charge in [0.15, 0.2) is 5.13 Å². The molecule has 5 rings (SSSR count). The quantitative estimate of drug-likeness (QED) is 0.535. The van der Waals surface area contributed by atoms with Crippen LogP contribution in [-0.4, -0.2) is 32.2 Å². The van der Waals surface area contributed by atoms with Crippen molar-refractivity contribution in [3.63, 3.8) is 0 Å². The summed E-state index contributed by atoms with van der Waals surface area (Å²) in [5.41, 5.74) is 5.63. The predicted octanol–water partition coefficient (Wildman–Crippen LogP) is 4.52. The lowest BCUT2D eigenvalue weighted by Gasteiger charge is -2.34. The molecule has 1 aliphatic rings. The standard InChI is InChI=1S/C22H21N5OS/c1-14-17(11-23-26(14)2)18-13-27(12-15-7-3-4-8-16(15)18)22(28)25-21-24-19-9-5-6-10-20(19)29-21/h3-11,18H,12-13H2,1-2H3,(H,24,25,28). The molecule has 29 heavy (non-hydrogen) atoms. The van der Waals surface area contributed by atoms with Crippen molar-refractivity contribution in [2.75, 3.05) is 11.9 Å². The smallest absolute Gasteiger partial charge is 0.319 e. The van der Waals surface area contributed by atoms with E-state index in [2.05, 4.69) is 40.5 Å². The second-order valence-corrected chi connectivity index (χ2v) is 8.39. The lowest BCUT2D eigenvalue weighted by atomic mass is 9.85. The number of para-hydroxylation sites is 1. The van der Waals surface area contributed by atoms with Crippen molar-refractivity contribution in [2.45, 2.75) is 19.4 Å². The highest BCUT2D eigenvalue weighted by molar-refractivity contribution is 7.22. The molecule has 0 fully saturated rings. The molecule has 3 heterocycles. The van der Waals surface area contributed by atoms with E-state index < -0.39 is 0 Å². The number of rotatable bonds is 2. The molecule has 6 nitrogen and oxygen atoms in total. The normalized spacial score (nSPS) is 16.1. The number of fused-ring (bicyclic) bond motifs is 2. The third kappa shape index (κ3) is 3.17. The highest BCUT2D eigenvalue weighted by atomic mass is 32.1. The first-order chi connectivity index (χ1) is 14.1. The van der Waals surface area contributed by atoms with Gasteiger partial charge in [-0.05, 0) is 30.2 Å². The number of aryl methyl sites for hydroxylation is 1. The molecule has 0 saturated heterocycles. The average Bonchev–Trinajstić information content (AvgIpc) is 3.29. The number of hydrogen-bond acceptors (Lipinski definition) is 4. The maximum atomic E-state index is 13.1. The molecular formula is C22H21N5OS. The third-order valence-electron chi connectivity index (χ3n) is 5.64. The molecule has 1 aliphatic heterocycles. The zero-order chi connectivity index (χ0) is 20.0. The van der Waals surface area contributed by atoms with Crippen molar-refractivity contribution in [3.05, 3.63) is 77.1 Å². The van der Waals surface area contributed by atoms with Crippen LogP contribution in [0.15, 0.2) is 54.7 Å². The fraction of sp³-hybridized carbons (Fsp3) is 0.227. The summed E-state index contributed by atoms with van der Waals surface area (Å²) in [4.78, 5) is 19.5. The molecule has 1 N–H and O–H groups in total. The van der Waals surface area contributed by atoms with Gasteiger partial charge < -0.3 is 4.90 Å². The topological polar surface area (TPSA) is 63.1 Å². The highest BCUT2D eigenvalue weighted by Crippen LogP contribution is 2.35. The van der Waals surface area contributed by atoms with Gasteiger partial charge in [-0.25, -0.2) is 9.78 Å². The van der Waals surface area contributed by atoms with Gasteiger partial charge in [-0.15, -0.1) is 0 Å². The van der Waals surface area contributed by atoms with Crippen molar-refractivity contribution in [3.8, 4) is 0 Å². The maximum Gasteiger partial charge on any atom is 0.323 e. The van der Waals surface area contributed by atoms with Crippen LogP contribution >= 0.6 is 11.3 Å². The Hall–Kier alpha value is -3.19. The van der Waals surface area contributed by atoms with Gasteiger partial charge in [-0.3, -0.25) is 10.00 Å². The van der Waals surface area contributed by atoms with Gasteiger partial charge in [-0.1, -0.05) is 47.7 Å². The molecule has 7 heteroatoms. The third-order valence-corrected chi connectivity index (χ3v) is 6.59. The number of thiazole rings is 1. The Morgan fingerprint density at radius 1 is 1.14 bits per heavy atom. The lowest BCUT2D eigenvalue weighted by molar-refractivity contribution is 0.203. The molecule has 2 aromatic heterocycles. The highest BCUT2D eigenvalue weighted by Gasteiger charge is 2.31. The number of benzene rings is 2. The van der Waals surface area contributed by atoms with Gasteiger partial charge in [0, 0.05) is 37.3 Å². The SMILES string of the molecule is Cc1c(C2CN(C(=O)Nc3nc4ccccc4s3)Cc3ccccc32)cnn1C. The summed E-state index contributed by atoms with van der Waals surface area (Å²) in [6.07, 6.45) is 1.92. The van der Waals surface area contributed by atoms with E-state index in [4.69, 9.17) is 0 Å². The molecule has 1 atom stereocenters. The van der Waals surface area contributed by atoms with Crippen molar-refractivity contribution < 1.29 is 4.79 Å². The first kappa shape index (κ1) is 17.9. The van der Waals surface area contributed by atoms with Crippen LogP contribution in [0.5, 0.6) is 0 Å². The Morgan fingerprint density at radius 3 is 2.72 bits per heavy atom. The number of amides is 2. The number of hydrogen-bond donors (Lipinski definition) is 1. The number of carbonyl (C=O) groups excluding carboxylic acids is 1. The van der Waals surface area contributed by atoms with Crippen molar-refractivity contribution in [2.24, 2.45) is 7.05 Å². The molecule has 0 radical (unpaired) electrons. The van der Waals surface area contributed by atoms with E-state index in [-0.39, 0.29) is 11.9 Å². The molecular weight excluding hydrogens is 382 g/mol. The summed E-state index contributed by atoms with van der Waals surface area (Å²) in [6, 6.07) is 16.1. The fourth-order valence-corrected chi connectivity index (χ4v) is 4.84. The van der Waals surface area contributed by atoms with Crippen LogP contribution in [0.25, 0.3) is 10.2 Å². The second-order valence-electron chi connectivity index (χ2n) is 7.36. The fourth-order valence-electron chi connectivity index (χ4n) is 3.98. The molecule has 2 aromatic carbocycles. The zero-order valence-corrected chi connectivity index (χ0v) is 17.1.